The summed E-state index contributed by atoms with van der Waals surface area (Å²) in [6, 6.07) is 31.2. The van der Waals surface area contributed by atoms with Crippen molar-refractivity contribution < 1.29 is 18.0 Å². The first-order valence-electron chi connectivity index (χ1n) is 14.6. The van der Waals surface area contributed by atoms with Crippen LogP contribution in [-0.2, 0) is 32.6 Å². The van der Waals surface area contributed by atoms with Gasteiger partial charge in [-0.15, -0.1) is 0 Å². The van der Waals surface area contributed by atoms with Gasteiger partial charge in [-0.3, -0.25) is 13.9 Å². The lowest BCUT2D eigenvalue weighted by molar-refractivity contribution is -0.140. The molecule has 0 bridgehead atoms. The Morgan fingerprint density at radius 1 is 0.841 bits per heavy atom. The average molecular weight is 677 g/mol. The van der Waals surface area contributed by atoms with Crippen LogP contribution in [0.25, 0.3) is 0 Å². The third-order valence-corrected chi connectivity index (χ3v) is 9.73. The molecule has 7 nitrogen and oxygen atoms in total. The zero-order valence-electron chi connectivity index (χ0n) is 25.2. The monoisotopic (exact) mass is 675 g/mol. The number of carbonyl (C=O) groups excluding carboxylic acids is 2. The largest absolute Gasteiger partial charge is 0.352 e. The number of nitrogens with one attached hydrogen (secondary N) is 1. The predicted molar refractivity (Wildman–Crippen MR) is 179 cm³/mol. The molecule has 0 radical (unpaired) electrons. The van der Waals surface area contributed by atoms with Crippen LogP contribution in [-0.4, -0.2) is 43.8 Å². The van der Waals surface area contributed by atoms with Crippen molar-refractivity contribution in [2.45, 2.75) is 57.1 Å². The maximum atomic E-state index is 14.5. The number of benzene rings is 4. The van der Waals surface area contributed by atoms with Gasteiger partial charge in [0, 0.05) is 23.5 Å². The normalized spacial score (nSPS) is 12.6. The zero-order chi connectivity index (χ0) is 31.7. The number of hydrogen-bond acceptors (Lipinski definition) is 4. The molecular formula is C35H38BrN3O4S. The average Bonchev–Trinajstić information content (AvgIpc) is 3.03. The summed E-state index contributed by atoms with van der Waals surface area (Å²) in [5.74, 6) is -0.783. The van der Waals surface area contributed by atoms with E-state index in [1.807, 2.05) is 75.4 Å². The Kier molecular flexibility index (Phi) is 11.4. The highest BCUT2D eigenvalue weighted by Gasteiger charge is 2.35. The van der Waals surface area contributed by atoms with E-state index in [1.54, 1.807) is 42.5 Å². The Morgan fingerprint density at radius 2 is 1.48 bits per heavy atom. The summed E-state index contributed by atoms with van der Waals surface area (Å²) in [7, 11) is -4.14. The van der Waals surface area contributed by atoms with E-state index in [1.165, 1.54) is 17.0 Å². The van der Waals surface area contributed by atoms with Crippen molar-refractivity contribution in [2.24, 2.45) is 0 Å². The fraction of sp³-hybridized carbons (Fsp3) is 0.257. The van der Waals surface area contributed by atoms with Gasteiger partial charge in [0.05, 0.1) is 10.6 Å². The minimum absolute atomic E-state index is 0.0632. The van der Waals surface area contributed by atoms with E-state index in [2.05, 4.69) is 21.2 Å². The fourth-order valence-electron chi connectivity index (χ4n) is 4.76. The van der Waals surface area contributed by atoms with Crippen molar-refractivity contribution in [2.75, 3.05) is 10.8 Å². The van der Waals surface area contributed by atoms with Crippen LogP contribution < -0.4 is 9.62 Å². The van der Waals surface area contributed by atoms with E-state index in [4.69, 9.17) is 0 Å². The lowest BCUT2D eigenvalue weighted by atomic mass is 10.0. The second-order valence-corrected chi connectivity index (χ2v) is 13.6. The minimum Gasteiger partial charge on any atom is -0.352 e. The summed E-state index contributed by atoms with van der Waals surface area (Å²) < 4.78 is 29.9. The Bertz CT molecular complexity index is 1650. The first kappa shape index (κ1) is 33.0. The van der Waals surface area contributed by atoms with Gasteiger partial charge in [0.25, 0.3) is 10.0 Å². The van der Waals surface area contributed by atoms with Crippen LogP contribution in [0.5, 0.6) is 0 Å². The van der Waals surface area contributed by atoms with Gasteiger partial charge in [-0.1, -0.05) is 107 Å². The van der Waals surface area contributed by atoms with E-state index in [0.717, 1.165) is 27.4 Å². The summed E-state index contributed by atoms with van der Waals surface area (Å²) in [4.78, 5) is 29.9. The van der Waals surface area contributed by atoms with E-state index >= 15 is 0 Å². The van der Waals surface area contributed by atoms with Gasteiger partial charge in [0.2, 0.25) is 11.8 Å². The number of hydrogen-bond donors (Lipinski definition) is 1. The molecule has 2 amide bonds. The number of halogens is 1. The SMILES string of the molecule is CC[C@@H](C)NC(=O)[C@@H](Cc1ccccc1)N(Cc1ccc(C)cc1)C(=O)CN(c1cccc(Br)c1)S(=O)(=O)c1ccccc1. The highest BCUT2D eigenvalue weighted by atomic mass is 79.9. The molecule has 4 aromatic rings. The van der Waals surface area contributed by atoms with Crippen LogP contribution >= 0.6 is 15.9 Å². The molecule has 0 spiro atoms. The maximum Gasteiger partial charge on any atom is 0.264 e. The van der Waals surface area contributed by atoms with Crippen molar-refractivity contribution in [3.63, 3.8) is 0 Å². The fourth-order valence-corrected chi connectivity index (χ4v) is 6.58. The Labute approximate surface area is 269 Å². The minimum atomic E-state index is -4.14. The van der Waals surface area contributed by atoms with Gasteiger partial charge in [0.15, 0.2) is 0 Å². The zero-order valence-corrected chi connectivity index (χ0v) is 27.6. The maximum absolute atomic E-state index is 14.5. The molecule has 44 heavy (non-hydrogen) atoms. The molecule has 0 aliphatic carbocycles. The molecule has 9 heteroatoms. The van der Waals surface area contributed by atoms with Crippen LogP contribution in [0, 0.1) is 6.92 Å². The Balaban J connectivity index is 1.80. The molecule has 0 heterocycles. The standard InChI is InChI=1S/C35H38BrN3O4S/c1-4-27(3)37-35(41)33(22-28-12-7-5-8-13-28)38(24-29-20-18-26(2)19-21-29)34(40)25-39(31-15-11-14-30(36)23-31)44(42,43)32-16-9-6-10-17-32/h5-21,23,27,33H,4,22,24-25H2,1-3H3,(H,37,41)/t27-,33-/m1/s1. The van der Waals surface area contributed by atoms with E-state index < -0.39 is 28.5 Å². The van der Waals surface area contributed by atoms with E-state index in [9.17, 15) is 18.0 Å². The number of rotatable bonds is 13. The smallest absolute Gasteiger partial charge is 0.264 e. The number of carbonyl (C=O) groups is 2. The first-order valence-corrected chi connectivity index (χ1v) is 16.8. The second-order valence-electron chi connectivity index (χ2n) is 10.8. The van der Waals surface area contributed by atoms with Gasteiger partial charge >= 0.3 is 0 Å². The van der Waals surface area contributed by atoms with Gasteiger partial charge in [-0.2, -0.15) is 0 Å². The number of anilines is 1. The van der Waals surface area contributed by atoms with Crippen LogP contribution in [0.1, 0.15) is 37.0 Å². The molecule has 2 atom stereocenters. The molecule has 0 aliphatic rings. The van der Waals surface area contributed by atoms with Crippen molar-refractivity contribution in [3.8, 4) is 0 Å². The topological polar surface area (TPSA) is 86.8 Å². The summed E-state index contributed by atoms with van der Waals surface area (Å²) in [5, 5.41) is 3.06. The summed E-state index contributed by atoms with van der Waals surface area (Å²) in [6.07, 6.45) is 0.991. The van der Waals surface area contributed by atoms with Crippen molar-refractivity contribution >= 4 is 43.5 Å². The third kappa shape index (κ3) is 8.57. The molecule has 230 valence electrons. The quantitative estimate of drug-likeness (QED) is 0.175. The highest BCUT2D eigenvalue weighted by Crippen LogP contribution is 2.27. The molecule has 4 aromatic carbocycles. The summed E-state index contributed by atoms with van der Waals surface area (Å²) in [6.45, 7) is 5.51. The van der Waals surface area contributed by atoms with E-state index in [0.29, 0.717) is 10.2 Å². The second kappa shape index (κ2) is 15.2. The molecule has 0 aliphatic heterocycles. The van der Waals surface area contributed by atoms with Crippen molar-refractivity contribution in [1.82, 2.24) is 10.2 Å². The highest BCUT2D eigenvalue weighted by molar-refractivity contribution is 9.10. The molecule has 1 N–H and O–H groups in total. The van der Waals surface area contributed by atoms with Crippen molar-refractivity contribution in [3.05, 3.63) is 130 Å². The lowest BCUT2D eigenvalue weighted by Gasteiger charge is -2.34. The molecule has 0 saturated heterocycles. The van der Waals surface area contributed by atoms with Gasteiger partial charge in [-0.05, 0) is 61.7 Å². The van der Waals surface area contributed by atoms with E-state index in [-0.39, 0.29) is 29.8 Å². The lowest BCUT2D eigenvalue weighted by Crippen LogP contribution is -2.54. The van der Waals surface area contributed by atoms with Crippen LogP contribution in [0.4, 0.5) is 5.69 Å². The summed E-state index contributed by atoms with van der Waals surface area (Å²) >= 11 is 3.44. The molecule has 4 rings (SSSR count). The van der Waals surface area contributed by atoms with Gasteiger partial charge in [-0.25, -0.2) is 8.42 Å². The van der Waals surface area contributed by atoms with Gasteiger partial charge < -0.3 is 10.2 Å². The van der Waals surface area contributed by atoms with Gasteiger partial charge in [0.1, 0.15) is 12.6 Å². The van der Waals surface area contributed by atoms with Crippen LogP contribution in [0.3, 0.4) is 0 Å². The van der Waals surface area contributed by atoms with Crippen LogP contribution in [0.2, 0.25) is 0 Å². The number of aryl methyl sites for hydroxylation is 1. The molecule has 0 saturated carbocycles. The Hall–Kier alpha value is -3.95. The number of nitrogens with zero attached hydrogens (tertiary/aromatic N) is 2. The predicted octanol–water partition coefficient (Wildman–Crippen LogP) is 6.51. The third-order valence-electron chi connectivity index (χ3n) is 7.45. The van der Waals surface area contributed by atoms with Crippen LogP contribution in [0.15, 0.2) is 119 Å². The summed E-state index contributed by atoms with van der Waals surface area (Å²) in [5.41, 5.74) is 3.12. The molecule has 0 unspecified atom stereocenters. The molecule has 0 fully saturated rings. The number of sulfonamides is 1. The van der Waals surface area contributed by atoms with Crippen molar-refractivity contribution in [1.29, 1.82) is 0 Å². The molecular weight excluding hydrogens is 638 g/mol. The first-order chi connectivity index (χ1) is 21.1. The Morgan fingerprint density at radius 3 is 2.09 bits per heavy atom. The molecule has 0 aromatic heterocycles. The number of amides is 2.